The lowest BCUT2D eigenvalue weighted by atomic mass is 10.2. The molecule has 1 aromatic heterocycles. The zero-order valence-electron chi connectivity index (χ0n) is 9.58. The first-order valence-electron chi connectivity index (χ1n) is 5.45. The van der Waals surface area contributed by atoms with E-state index >= 15 is 0 Å². The van der Waals surface area contributed by atoms with Gasteiger partial charge in [-0.1, -0.05) is 0 Å². The van der Waals surface area contributed by atoms with Crippen molar-refractivity contribution in [1.82, 2.24) is 9.80 Å². The molecule has 2 rings (SSSR count). The average molecular weight is 382 g/mol. The number of nitrogens with zero attached hydrogens (tertiary/aromatic N) is 2. The second kappa shape index (κ2) is 5.93. The van der Waals surface area contributed by atoms with Gasteiger partial charge < -0.3 is 4.90 Å². The summed E-state index contributed by atoms with van der Waals surface area (Å²) in [5.74, 6) is 0.214. The largest absolute Gasteiger partial charge is 0.304 e. The Hall–Kier alpha value is 0.250. The van der Waals surface area contributed by atoms with Gasteiger partial charge in [-0.25, -0.2) is 0 Å². The van der Waals surface area contributed by atoms with Crippen molar-refractivity contribution in [3.05, 3.63) is 19.2 Å². The van der Waals surface area contributed by atoms with E-state index < -0.39 is 0 Å². The summed E-state index contributed by atoms with van der Waals surface area (Å²) in [5, 5.41) is 0. The molecular weight excluding hydrogens is 368 g/mol. The molecule has 1 fully saturated rings. The van der Waals surface area contributed by atoms with Gasteiger partial charge in [-0.2, -0.15) is 0 Å². The predicted octanol–water partition coefficient (Wildman–Crippen LogP) is 2.70. The molecule has 1 saturated heterocycles. The molecule has 0 saturated carbocycles. The van der Waals surface area contributed by atoms with Gasteiger partial charge in [-0.15, -0.1) is 11.3 Å². The Labute approximate surface area is 122 Å². The monoisotopic (exact) mass is 380 g/mol. The van der Waals surface area contributed by atoms with Crippen LogP contribution < -0.4 is 0 Å². The highest BCUT2D eigenvalue weighted by Gasteiger charge is 2.19. The van der Waals surface area contributed by atoms with E-state index in [0.717, 1.165) is 39.3 Å². The van der Waals surface area contributed by atoms with Gasteiger partial charge in [0, 0.05) is 30.7 Å². The minimum atomic E-state index is 0.214. The van der Waals surface area contributed by atoms with Crippen LogP contribution in [0.25, 0.3) is 0 Å². The molecule has 94 valence electrons. The van der Waals surface area contributed by atoms with E-state index in [1.54, 1.807) is 0 Å². The van der Waals surface area contributed by atoms with Crippen LogP contribution in [0.4, 0.5) is 0 Å². The molecule has 0 bridgehead atoms. The lowest BCUT2D eigenvalue weighted by molar-refractivity contribution is 0.0880. The molecule has 0 radical (unpaired) electrons. The predicted molar refractivity (Wildman–Crippen MR) is 78.0 cm³/mol. The summed E-state index contributed by atoms with van der Waals surface area (Å²) in [4.78, 5) is 17.4. The number of thiophene rings is 1. The zero-order chi connectivity index (χ0) is 12.4. The van der Waals surface area contributed by atoms with Crippen molar-refractivity contribution in [3.63, 3.8) is 0 Å². The smallest absolute Gasteiger partial charge is 0.186 e. The number of likely N-dealkylation sites (N-methyl/N-ethyl adjacent to an activating group) is 1. The maximum Gasteiger partial charge on any atom is 0.186 e. The van der Waals surface area contributed by atoms with Crippen molar-refractivity contribution in [3.8, 4) is 0 Å². The first kappa shape index (κ1) is 13.7. The first-order valence-corrected chi connectivity index (χ1v) is 7.85. The third-order valence-electron chi connectivity index (χ3n) is 2.88. The Morgan fingerprint density at radius 3 is 2.53 bits per heavy atom. The van der Waals surface area contributed by atoms with Gasteiger partial charge in [0.1, 0.15) is 0 Å². The first-order chi connectivity index (χ1) is 8.06. The van der Waals surface area contributed by atoms with Crippen LogP contribution in [0.3, 0.4) is 0 Å². The number of Topliss-reactive ketones (excluding diaryl/α,β-unsaturated/α-hetero) is 1. The maximum absolute atomic E-state index is 12.1. The van der Waals surface area contributed by atoms with E-state index in [2.05, 4.69) is 48.7 Å². The molecule has 1 aliphatic heterocycles. The lowest BCUT2D eigenvalue weighted by Crippen LogP contribution is -2.46. The minimum absolute atomic E-state index is 0.214. The van der Waals surface area contributed by atoms with Crippen molar-refractivity contribution >= 4 is 49.0 Å². The van der Waals surface area contributed by atoms with Gasteiger partial charge in [0.2, 0.25) is 0 Å². The molecule has 1 aromatic rings. The molecule has 17 heavy (non-hydrogen) atoms. The number of halogens is 2. The fourth-order valence-electron chi connectivity index (χ4n) is 1.77. The van der Waals surface area contributed by atoms with Crippen molar-refractivity contribution in [1.29, 1.82) is 0 Å². The van der Waals surface area contributed by atoms with E-state index in [1.807, 2.05) is 6.07 Å². The zero-order valence-corrected chi connectivity index (χ0v) is 13.6. The number of hydrogen-bond acceptors (Lipinski definition) is 4. The summed E-state index contributed by atoms with van der Waals surface area (Å²) in [5.41, 5.74) is 0. The van der Waals surface area contributed by atoms with Crippen LogP contribution in [0, 0.1) is 0 Å². The van der Waals surface area contributed by atoms with Gasteiger partial charge in [0.05, 0.1) is 15.2 Å². The highest BCUT2D eigenvalue weighted by Crippen LogP contribution is 2.32. The number of hydrogen-bond donors (Lipinski definition) is 0. The van der Waals surface area contributed by atoms with Crippen LogP contribution >= 0.6 is 43.2 Å². The molecule has 0 spiro atoms. The third kappa shape index (κ3) is 3.61. The Bertz CT molecular complexity index is 394. The molecule has 0 aromatic carbocycles. The number of piperazine rings is 1. The number of carbonyl (C=O) groups excluding carboxylic acids is 1. The topological polar surface area (TPSA) is 23.6 Å². The van der Waals surface area contributed by atoms with Crippen LogP contribution in [0.5, 0.6) is 0 Å². The fraction of sp³-hybridized carbons (Fsp3) is 0.545. The van der Waals surface area contributed by atoms with E-state index in [-0.39, 0.29) is 5.78 Å². The van der Waals surface area contributed by atoms with Gasteiger partial charge in [-0.3, -0.25) is 9.69 Å². The van der Waals surface area contributed by atoms with Crippen LogP contribution in [0.15, 0.2) is 14.3 Å². The Kier molecular flexibility index (Phi) is 4.77. The quantitative estimate of drug-likeness (QED) is 0.752. The molecular formula is C11H14Br2N2OS. The van der Waals surface area contributed by atoms with E-state index in [9.17, 15) is 4.79 Å². The van der Waals surface area contributed by atoms with E-state index in [0.29, 0.717) is 6.54 Å². The Morgan fingerprint density at radius 2 is 2.00 bits per heavy atom. The van der Waals surface area contributed by atoms with Crippen LogP contribution in [-0.2, 0) is 0 Å². The molecule has 0 atom stereocenters. The molecule has 6 heteroatoms. The molecule has 0 N–H and O–H groups in total. The molecule has 0 amide bonds. The lowest BCUT2D eigenvalue weighted by Gasteiger charge is -2.31. The van der Waals surface area contributed by atoms with Crippen molar-refractivity contribution in [2.45, 2.75) is 0 Å². The van der Waals surface area contributed by atoms with Crippen molar-refractivity contribution in [2.75, 3.05) is 39.8 Å². The second-order valence-electron chi connectivity index (χ2n) is 4.23. The summed E-state index contributed by atoms with van der Waals surface area (Å²) >= 11 is 8.32. The summed E-state index contributed by atoms with van der Waals surface area (Å²) < 4.78 is 1.95. The second-order valence-corrected chi connectivity index (χ2v) is 7.46. The molecule has 0 unspecified atom stereocenters. The third-order valence-corrected chi connectivity index (χ3v) is 6.18. The van der Waals surface area contributed by atoms with Crippen molar-refractivity contribution < 1.29 is 4.79 Å². The molecule has 0 aliphatic carbocycles. The van der Waals surface area contributed by atoms with Gasteiger partial charge in [-0.05, 0) is 45.0 Å². The number of carbonyl (C=O) groups is 1. The standard InChI is InChI=1S/C11H14Br2N2OS/c1-14-2-4-15(5-3-14)7-9(16)10-6-8(12)11(13)17-10/h6H,2-5,7H2,1H3. The normalized spacial score (nSPS) is 18.5. The average Bonchev–Trinajstić information content (AvgIpc) is 2.63. The fourth-order valence-corrected chi connectivity index (χ4v) is 3.74. The summed E-state index contributed by atoms with van der Waals surface area (Å²) in [7, 11) is 2.12. The van der Waals surface area contributed by atoms with Gasteiger partial charge in [0.15, 0.2) is 5.78 Å². The maximum atomic E-state index is 12.1. The van der Waals surface area contributed by atoms with Crippen LogP contribution in [0.1, 0.15) is 9.67 Å². The highest BCUT2D eigenvalue weighted by atomic mass is 79.9. The SMILES string of the molecule is CN1CCN(CC(=O)c2cc(Br)c(Br)s2)CC1. The van der Waals surface area contributed by atoms with Gasteiger partial charge >= 0.3 is 0 Å². The summed E-state index contributed by atoms with van der Waals surface area (Å²) in [6.45, 7) is 4.59. The summed E-state index contributed by atoms with van der Waals surface area (Å²) in [6.07, 6.45) is 0. The van der Waals surface area contributed by atoms with Gasteiger partial charge in [0.25, 0.3) is 0 Å². The van der Waals surface area contributed by atoms with Crippen LogP contribution in [0.2, 0.25) is 0 Å². The van der Waals surface area contributed by atoms with E-state index in [1.165, 1.54) is 11.3 Å². The minimum Gasteiger partial charge on any atom is -0.304 e. The Balaban J connectivity index is 1.93. The highest BCUT2D eigenvalue weighted by molar-refractivity contribution is 9.13. The number of ketones is 1. The Morgan fingerprint density at radius 1 is 1.35 bits per heavy atom. The molecule has 2 heterocycles. The molecule has 3 nitrogen and oxygen atoms in total. The summed E-state index contributed by atoms with van der Waals surface area (Å²) in [6, 6.07) is 1.90. The van der Waals surface area contributed by atoms with Crippen LogP contribution in [-0.4, -0.2) is 55.4 Å². The molecule has 1 aliphatic rings. The van der Waals surface area contributed by atoms with Crippen molar-refractivity contribution in [2.24, 2.45) is 0 Å². The van der Waals surface area contributed by atoms with E-state index in [4.69, 9.17) is 0 Å². The number of rotatable bonds is 3.